The van der Waals surface area contributed by atoms with E-state index in [1.54, 1.807) is 12.4 Å². The van der Waals surface area contributed by atoms with E-state index in [9.17, 15) is 0 Å². The number of hydrogen-bond acceptors (Lipinski definition) is 4. The van der Waals surface area contributed by atoms with Crippen LogP contribution in [0.15, 0.2) is 47.7 Å². The molecule has 1 fully saturated rings. The topological polar surface area (TPSA) is 79.4 Å². The predicted molar refractivity (Wildman–Crippen MR) is 114 cm³/mol. The Morgan fingerprint density at radius 2 is 2.12 bits per heavy atom. The van der Waals surface area contributed by atoms with E-state index in [-0.39, 0.29) is 24.0 Å². The zero-order valence-corrected chi connectivity index (χ0v) is 16.8. The first kappa shape index (κ1) is 19.4. The SMILES string of the molecule is Cc1cccc(NC(N)=NCC2CCCN(c3ncccn3)C2)c1.I. The van der Waals surface area contributed by atoms with Gasteiger partial charge in [-0.2, -0.15) is 0 Å². The van der Waals surface area contributed by atoms with Crippen molar-refractivity contribution < 1.29 is 0 Å². The first-order chi connectivity index (χ1) is 11.7. The zero-order valence-electron chi connectivity index (χ0n) is 14.4. The third-order valence-corrected chi connectivity index (χ3v) is 4.16. The fourth-order valence-electron chi connectivity index (χ4n) is 2.99. The quantitative estimate of drug-likeness (QED) is 0.424. The van der Waals surface area contributed by atoms with Gasteiger partial charge in [0.1, 0.15) is 0 Å². The fraction of sp³-hybridized carbons (Fsp3) is 0.389. The van der Waals surface area contributed by atoms with Crippen LogP contribution in [0.2, 0.25) is 0 Å². The van der Waals surface area contributed by atoms with E-state index >= 15 is 0 Å². The van der Waals surface area contributed by atoms with Crippen LogP contribution < -0.4 is 16.0 Å². The number of rotatable bonds is 4. The summed E-state index contributed by atoms with van der Waals surface area (Å²) < 4.78 is 0. The zero-order chi connectivity index (χ0) is 16.8. The van der Waals surface area contributed by atoms with E-state index in [0.717, 1.165) is 37.6 Å². The first-order valence-corrected chi connectivity index (χ1v) is 8.36. The molecule has 3 N–H and O–H groups in total. The molecule has 0 bridgehead atoms. The summed E-state index contributed by atoms with van der Waals surface area (Å²) in [4.78, 5) is 15.4. The van der Waals surface area contributed by atoms with Crippen molar-refractivity contribution in [1.29, 1.82) is 0 Å². The van der Waals surface area contributed by atoms with Crippen LogP contribution in [-0.2, 0) is 0 Å². The normalized spacial score (nSPS) is 17.7. The van der Waals surface area contributed by atoms with E-state index in [4.69, 9.17) is 5.73 Å². The van der Waals surface area contributed by atoms with Crippen molar-refractivity contribution in [2.75, 3.05) is 29.9 Å². The highest BCUT2D eigenvalue weighted by molar-refractivity contribution is 14.0. The standard InChI is InChI=1S/C18H24N6.HI/c1-14-5-2-7-16(11-14)23-17(19)22-12-15-6-3-10-24(13-15)18-20-8-4-9-21-18;/h2,4-5,7-9,11,15H,3,6,10,12-13H2,1H3,(H3,19,22,23);1H. The molecule has 1 aromatic heterocycles. The van der Waals surface area contributed by atoms with Crippen LogP contribution >= 0.6 is 24.0 Å². The summed E-state index contributed by atoms with van der Waals surface area (Å²) in [7, 11) is 0. The van der Waals surface area contributed by atoms with Gasteiger partial charge in [-0.3, -0.25) is 4.99 Å². The minimum atomic E-state index is 0. The van der Waals surface area contributed by atoms with E-state index in [2.05, 4.69) is 44.2 Å². The second kappa shape index (κ2) is 9.55. The van der Waals surface area contributed by atoms with E-state index < -0.39 is 0 Å². The van der Waals surface area contributed by atoms with Gasteiger partial charge in [-0.25, -0.2) is 9.97 Å². The Labute approximate surface area is 166 Å². The van der Waals surface area contributed by atoms with Crippen LogP contribution in [0.4, 0.5) is 11.6 Å². The average Bonchev–Trinajstić information content (AvgIpc) is 2.61. The van der Waals surface area contributed by atoms with E-state index in [1.807, 2.05) is 18.2 Å². The predicted octanol–water partition coefficient (Wildman–Crippen LogP) is 3.05. The Morgan fingerprint density at radius 1 is 1.32 bits per heavy atom. The molecule has 0 aliphatic carbocycles. The molecule has 1 aliphatic rings. The lowest BCUT2D eigenvalue weighted by molar-refractivity contribution is 0.420. The van der Waals surface area contributed by atoms with Crippen molar-refractivity contribution >= 4 is 41.6 Å². The molecule has 2 heterocycles. The molecule has 0 spiro atoms. The monoisotopic (exact) mass is 452 g/mol. The number of guanidine groups is 1. The van der Waals surface area contributed by atoms with Crippen molar-refractivity contribution in [2.45, 2.75) is 19.8 Å². The summed E-state index contributed by atoms with van der Waals surface area (Å²) in [5.41, 5.74) is 8.18. The van der Waals surface area contributed by atoms with E-state index in [1.165, 1.54) is 5.56 Å². The highest BCUT2D eigenvalue weighted by Gasteiger charge is 2.21. The fourth-order valence-corrected chi connectivity index (χ4v) is 2.99. The molecule has 1 aromatic carbocycles. The Morgan fingerprint density at radius 3 is 2.88 bits per heavy atom. The lowest BCUT2D eigenvalue weighted by Crippen LogP contribution is -2.38. The summed E-state index contributed by atoms with van der Waals surface area (Å²) in [6.07, 6.45) is 5.86. The van der Waals surface area contributed by atoms with Gasteiger partial charge in [0, 0.05) is 37.7 Å². The van der Waals surface area contributed by atoms with E-state index in [0.29, 0.717) is 18.4 Å². The third-order valence-electron chi connectivity index (χ3n) is 4.16. The van der Waals surface area contributed by atoms with Crippen molar-refractivity contribution in [2.24, 2.45) is 16.6 Å². The Kier molecular flexibility index (Phi) is 7.42. The number of halogens is 1. The number of benzene rings is 1. The molecule has 6 nitrogen and oxygen atoms in total. The van der Waals surface area contributed by atoms with Crippen molar-refractivity contribution in [3.05, 3.63) is 48.3 Å². The van der Waals surface area contributed by atoms with Crippen LogP contribution in [0.25, 0.3) is 0 Å². The molecule has 134 valence electrons. The number of hydrogen-bond donors (Lipinski definition) is 2. The number of piperidine rings is 1. The van der Waals surface area contributed by atoms with Crippen molar-refractivity contribution in [3.63, 3.8) is 0 Å². The maximum absolute atomic E-state index is 6.02. The number of aryl methyl sites for hydroxylation is 1. The number of anilines is 2. The largest absolute Gasteiger partial charge is 0.370 e. The molecule has 1 saturated heterocycles. The minimum Gasteiger partial charge on any atom is -0.370 e. The molecule has 2 aromatic rings. The summed E-state index contributed by atoms with van der Waals surface area (Å²) in [5.74, 6) is 1.74. The number of aromatic nitrogens is 2. The summed E-state index contributed by atoms with van der Waals surface area (Å²) in [6, 6.07) is 9.94. The second-order valence-corrected chi connectivity index (χ2v) is 6.22. The average molecular weight is 452 g/mol. The maximum atomic E-state index is 6.02. The van der Waals surface area contributed by atoms with Crippen LogP contribution in [0.1, 0.15) is 18.4 Å². The van der Waals surface area contributed by atoms with Crippen molar-refractivity contribution in [1.82, 2.24) is 9.97 Å². The van der Waals surface area contributed by atoms with Gasteiger partial charge in [0.05, 0.1) is 0 Å². The Hall–Kier alpha value is -1.90. The molecule has 1 unspecified atom stereocenters. The number of aliphatic imine (C=N–C) groups is 1. The lowest BCUT2D eigenvalue weighted by atomic mass is 9.98. The van der Waals surface area contributed by atoms with Gasteiger partial charge in [0.25, 0.3) is 0 Å². The van der Waals surface area contributed by atoms with Gasteiger partial charge in [-0.05, 0) is 49.4 Å². The molecule has 0 amide bonds. The van der Waals surface area contributed by atoms with Gasteiger partial charge in [-0.1, -0.05) is 12.1 Å². The van der Waals surface area contributed by atoms with Crippen LogP contribution in [0.3, 0.4) is 0 Å². The smallest absolute Gasteiger partial charge is 0.225 e. The molecular weight excluding hydrogens is 427 g/mol. The summed E-state index contributed by atoms with van der Waals surface area (Å²) in [5, 5.41) is 3.15. The second-order valence-electron chi connectivity index (χ2n) is 6.22. The van der Waals surface area contributed by atoms with Gasteiger partial charge < -0.3 is 16.0 Å². The summed E-state index contributed by atoms with van der Waals surface area (Å²) >= 11 is 0. The van der Waals surface area contributed by atoms with Crippen LogP contribution in [0, 0.1) is 12.8 Å². The Bertz CT molecular complexity index is 691. The molecule has 7 heteroatoms. The molecular formula is C18H25IN6. The van der Waals surface area contributed by atoms with Crippen LogP contribution in [-0.4, -0.2) is 35.6 Å². The molecule has 0 radical (unpaired) electrons. The number of nitrogens with two attached hydrogens (primary N) is 1. The van der Waals surface area contributed by atoms with Gasteiger partial charge in [0.15, 0.2) is 5.96 Å². The molecule has 1 aliphatic heterocycles. The maximum Gasteiger partial charge on any atom is 0.225 e. The third kappa shape index (κ3) is 5.84. The Balaban J connectivity index is 0.00000225. The summed E-state index contributed by atoms with van der Waals surface area (Å²) in [6.45, 7) is 4.70. The molecule has 1 atom stereocenters. The first-order valence-electron chi connectivity index (χ1n) is 8.36. The van der Waals surface area contributed by atoms with Gasteiger partial charge >= 0.3 is 0 Å². The molecule has 0 saturated carbocycles. The molecule has 3 rings (SSSR count). The van der Waals surface area contributed by atoms with Crippen LogP contribution in [0.5, 0.6) is 0 Å². The van der Waals surface area contributed by atoms with Gasteiger partial charge in [-0.15, -0.1) is 24.0 Å². The van der Waals surface area contributed by atoms with Crippen molar-refractivity contribution in [3.8, 4) is 0 Å². The number of nitrogens with zero attached hydrogens (tertiary/aromatic N) is 4. The van der Waals surface area contributed by atoms with Gasteiger partial charge in [0.2, 0.25) is 5.95 Å². The lowest BCUT2D eigenvalue weighted by Gasteiger charge is -2.31. The highest BCUT2D eigenvalue weighted by Crippen LogP contribution is 2.20. The minimum absolute atomic E-state index is 0. The highest BCUT2D eigenvalue weighted by atomic mass is 127. The molecule has 25 heavy (non-hydrogen) atoms. The number of nitrogens with one attached hydrogen (secondary N) is 1.